The van der Waals surface area contributed by atoms with Gasteiger partial charge >= 0.3 is 0 Å². The maximum Gasteiger partial charge on any atom is 0.124 e. The second-order valence-corrected chi connectivity index (χ2v) is 7.67. The Kier molecular flexibility index (Phi) is 8.57. The zero-order chi connectivity index (χ0) is 16.8. The van der Waals surface area contributed by atoms with Gasteiger partial charge in [-0.2, -0.15) is 0 Å². The predicted octanol–water partition coefficient (Wildman–Crippen LogP) is 6.53. The van der Waals surface area contributed by atoms with Gasteiger partial charge in [0.25, 0.3) is 0 Å². The molecule has 1 N–H and O–H groups in total. The molecule has 0 aromatic heterocycles. The highest BCUT2D eigenvalue weighted by Gasteiger charge is 2.14. The van der Waals surface area contributed by atoms with Crippen molar-refractivity contribution in [2.75, 3.05) is 0 Å². The molecular weight excluding hydrogens is 421 g/mol. The lowest BCUT2D eigenvalue weighted by molar-refractivity contribution is 0.300. The van der Waals surface area contributed by atoms with Crippen molar-refractivity contribution in [3.63, 3.8) is 0 Å². The first-order valence-corrected chi connectivity index (χ1v) is 9.77. The van der Waals surface area contributed by atoms with E-state index in [9.17, 15) is 0 Å². The Morgan fingerprint density at radius 3 is 2.56 bits per heavy atom. The number of ether oxygens (including phenoxy) is 1. The van der Waals surface area contributed by atoms with Gasteiger partial charge in [-0.15, -0.1) is 12.4 Å². The summed E-state index contributed by atoms with van der Waals surface area (Å²) in [5.74, 6) is 0.918. The quantitative estimate of drug-likeness (QED) is 0.546. The Morgan fingerprint density at radius 1 is 1.04 bits per heavy atom. The molecule has 3 rings (SSSR count). The molecule has 136 valence electrons. The molecule has 0 saturated heterocycles. The van der Waals surface area contributed by atoms with E-state index in [1.165, 1.54) is 37.7 Å². The van der Waals surface area contributed by atoms with Crippen molar-refractivity contribution < 1.29 is 4.74 Å². The van der Waals surface area contributed by atoms with Crippen LogP contribution < -0.4 is 10.1 Å². The highest BCUT2D eigenvalue weighted by atomic mass is 79.9. The number of hydrogen-bond acceptors (Lipinski definition) is 2. The molecule has 2 aromatic carbocycles. The van der Waals surface area contributed by atoms with Gasteiger partial charge in [0.15, 0.2) is 0 Å². The summed E-state index contributed by atoms with van der Waals surface area (Å²) >= 11 is 9.78. The van der Waals surface area contributed by atoms with Gasteiger partial charge < -0.3 is 10.1 Å². The van der Waals surface area contributed by atoms with Gasteiger partial charge in [-0.1, -0.05) is 65.0 Å². The van der Waals surface area contributed by atoms with Gasteiger partial charge in [0.05, 0.1) is 0 Å². The molecule has 0 bridgehead atoms. The van der Waals surface area contributed by atoms with Crippen molar-refractivity contribution in [3.8, 4) is 5.75 Å². The van der Waals surface area contributed by atoms with Crippen LogP contribution in [0.25, 0.3) is 0 Å². The molecule has 0 heterocycles. The van der Waals surface area contributed by atoms with E-state index in [0.29, 0.717) is 12.6 Å². The minimum Gasteiger partial charge on any atom is -0.489 e. The van der Waals surface area contributed by atoms with Crippen molar-refractivity contribution in [2.45, 2.75) is 51.3 Å². The van der Waals surface area contributed by atoms with Crippen LogP contribution in [0.2, 0.25) is 5.02 Å². The number of benzene rings is 2. The molecule has 2 nitrogen and oxygen atoms in total. The van der Waals surface area contributed by atoms with E-state index in [-0.39, 0.29) is 12.4 Å². The van der Waals surface area contributed by atoms with E-state index in [1.807, 2.05) is 36.4 Å². The predicted molar refractivity (Wildman–Crippen MR) is 111 cm³/mol. The fraction of sp³-hybridized carbons (Fsp3) is 0.400. The molecule has 0 aliphatic heterocycles. The van der Waals surface area contributed by atoms with E-state index in [0.717, 1.165) is 27.4 Å². The third kappa shape index (κ3) is 6.18. The third-order valence-electron chi connectivity index (χ3n) is 4.55. The van der Waals surface area contributed by atoms with Crippen LogP contribution in [0.1, 0.15) is 43.2 Å². The lowest BCUT2D eigenvalue weighted by Crippen LogP contribution is -2.30. The number of halogens is 3. The molecule has 5 heteroatoms. The fourth-order valence-corrected chi connectivity index (χ4v) is 3.76. The molecule has 0 atom stereocenters. The molecule has 0 spiro atoms. The van der Waals surface area contributed by atoms with Crippen LogP contribution in [-0.4, -0.2) is 6.04 Å². The highest BCUT2D eigenvalue weighted by molar-refractivity contribution is 9.10. The normalized spacial score (nSPS) is 14.8. The first-order chi connectivity index (χ1) is 11.7. The summed E-state index contributed by atoms with van der Waals surface area (Å²) in [6.45, 7) is 1.32. The van der Waals surface area contributed by atoms with Crippen LogP contribution in [0.5, 0.6) is 5.75 Å². The standard InChI is InChI=1S/C20H23BrClNO.ClH/c21-17-10-11-20(24-14-15-6-4-5-9-19(15)22)16(12-17)13-23-18-7-2-1-3-8-18;/h4-6,9-12,18,23H,1-3,7-8,13-14H2;1H. The van der Waals surface area contributed by atoms with E-state index in [2.05, 4.69) is 27.3 Å². The van der Waals surface area contributed by atoms with Crippen molar-refractivity contribution >= 4 is 39.9 Å². The summed E-state index contributed by atoms with van der Waals surface area (Å²) in [6, 6.07) is 14.6. The van der Waals surface area contributed by atoms with Crippen LogP contribution in [0, 0.1) is 0 Å². The molecule has 1 aliphatic carbocycles. The third-order valence-corrected chi connectivity index (χ3v) is 5.41. The topological polar surface area (TPSA) is 21.3 Å². The smallest absolute Gasteiger partial charge is 0.124 e. The maximum absolute atomic E-state index is 6.22. The van der Waals surface area contributed by atoms with E-state index < -0.39 is 0 Å². The zero-order valence-corrected chi connectivity index (χ0v) is 17.3. The second-order valence-electron chi connectivity index (χ2n) is 6.35. The van der Waals surface area contributed by atoms with Crippen LogP contribution >= 0.6 is 39.9 Å². The SMILES string of the molecule is Cl.Clc1ccccc1COc1ccc(Br)cc1CNC1CCCCC1. The average Bonchev–Trinajstić information content (AvgIpc) is 2.61. The van der Waals surface area contributed by atoms with Gasteiger partial charge in [0, 0.05) is 33.2 Å². The highest BCUT2D eigenvalue weighted by Crippen LogP contribution is 2.26. The zero-order valence-electron chi connectivity index (χ0n) is 14.1. The summed E-state index contributed by atoms with van der Waals surface area (Å²) in [6.07, 6.45) is 6.62. The van der Waals surface area contributed by atoms with Crippen LogP contribution in [0.4, 0.5) is 0 Å². The van der Waals surface area contributed by atoms with Crippen LogP contribution in [-0.2, 0) is 13.2 Å². The minimum atomic E-state index is 0. The summed E-state index contributed by atoms with van der Waals surface area (Å²) in [5.41, 5.74) is 2.19. The summed E-state index contributed by atoms with van der Waals surface area (Å²) in [5, 5.41) is 4.43. The Bertz CT molecular complexity index is 674. The Hall–Kier alpha value is -0.740. The van der Waals surface area contributed by atoms with E-state index in [4.69, 9.17) is 16.3 Å². The summed E-state index contributed by atoms with van der Waals surface area (Å²) < 4.78 is 7.13. The van der Waals surface area contributed by atoms with Gasteiger partial charge in [0.1, 0.15) is 12.4 Å². The van der Waals surface area contributed by atoms with Crippen LogP contribution in [0.3, 0.4) is 0 Å². The van der Waals surface area contributed by atoms with Crippen molar-refractivity contribution in [2.24, 2.45) is 0 Å². The minimum absolute atomic E-state index is 0. The van der Waals surface area contributed by atoms with Crippen molar-refractivity contribution in [1.29, 1.82) is 0 Å². The Morgan fingerprint density at radius 2 is 1.80 bits per heavy atom. The first-order valence-electron chi connectivity index (χ1n) is 8.60. The molecule has 0 unspecified atom stereocenters. The molecule has 1 aliphatic rings. The first kappa shape index (κ1) is 20.6. The molecule has 1 saturated carbocycles. The van der Waals surface area contributed by atoms with Gasteiger partial charge in [-0.05, 0) is 37.1 Å². The summed E-state index contributed by atoms with van der Waals surface area (Å²) in [4.78, 5) is 0. The lowest BCUT2D eigenvalue weighted by atomic mass is 9.95. The van der Waals surface area contributed by atoms with Crippen molar-refractivity contribution in [3.05, 3.63) is 63.1 Å². The summed E-state index contributed by atoms with van der Waals surface area (Å²) in [7, 11) is 0. The molecule has 0 radical (unpaired) electrons. The molecular formula is C20H24BrCl2NO. The second kappa shape index (κ2) is 10.4. The lowest BCUT2D eigenvalue weighted by Gasteiger charge is -2.23. The van der Waals surface area contributed by atoms with Gasteiger partial charge in [-0.3, -0.25) is 0 Å². The van der Waals surface area contributed by atoms with Gasteiger partial charge in [0.2, 0.25) is 0 Å². The number of rotatable bonds is 6. The Balaban J connectivity index is 0.00000225. The largest absolute Gasteiger partial charge is 0.489 e. The van der Waals surface area contributed by atoms with E-state index >= 15 is 0 Å². The Labute approximate surface area is 169 Å². The van der Waals surface area contributed by atoms with Crippen molar-refractivity contribution in [1.82, 2.24) is 5.32 Å². The van der Waals surface area contributed by atoms with Crippen LogP contribution in [0.15, 0.2) is 46.9 Å². The molecule has 0 amide bonds. The molecule has 1 fully saturated rings. The number of hydrogen-bond donors (Lipinski definition) is 1. The molecule has 25 heavy (non-hydrogen) atoms. The average molecular weight is 445 g/mol. The molecule has 2 aromatic rings. The fourth-order valence-electron chi connectivity index (χ4n) is 3.16. The van der Waals surface area contributed by atoms with E-state index in [1.54, 1.807) is 0 Å². The van der Waals surface area contributed by atoms with Gasteiger partial charge in [-0.25, -0.2) is 0 Å². The maximum atomic E-state index is 6.22. The number of nitrogens with one attached hydrogen (secondary N) is 1. The monoisotopic (exact) mass is 443 g/mol.